The largest absolute Gasteiger partial charge is 0.481 e. The van der Waals surface area contributed by atoms with E-state index in [1.165, 1.54) is 0 Å². The smallest absolute Gasteiger partial charge is 0.310 e. The van der Waals surface area contributed by atoms with Gasteiger partial charge >= 0.3 is 5.97 Å². The van der Waals surface area contributed by atoms with Gasteiger partial charge in [-0.05, 0) is 94.3 Å². The van der Waals surface area contributed by atoms with Crippen molar-refractivity contribution in [3.8, 4) is 0 Å². The van der Waals surface area contributed by atoms with Crippen LogP contribution in [0.5, 0.6) is 0 Å². The van der Waals surface area contributed by atoms with Gasteiger partial charge in [0.15, 0.2) is 0 Å². The van der Waals surface area contributed by atoms with Gasteiger partial charge in [-0.1, -0.05) is 34.6 Å². The molecule has 3 N–H and O–H groups in total. The molecule has 2 rings (SSSR count). The summed E-state index contributed by atoms with van der Waals surface area (Å²) in [7, 11) is 0. The normalized spacial score (nSPS) is 41.8. The minimum absolute atomic E-state index is 0.0705. The Bertz CT molecular complexity index is 511. The lowest BCUT2D eigenvalue weighted by molar-refractivity contribution is -0.181. The van der Waals surface area contributed by atoms with E-state index in [1.54, 1.807) is 0 Å². The van der Waals surface area contributed by atoms with Gasteiger partial charge in [-0.2, -0.15) is 0 Å². The second kappa shape index (κ2) is 8.26. The highest BCUT2D eigenvalue weighted by atomic mass is 16.4. The van der Waals surface area contributed by atoms with Crippen LogP contribution >= 0.6 is 0 Å². The number of carboxylic acids is 1. The SMILES string of the molecule is CCC(C(=O)O)(C1CC(C)(O)CCC1C(C)C)C1CC(C)(O)CCC1C(C)C. The number of rotatable bonds is 6. The van der Waals surface area contributed by atoms with Crippen LogP contribution in [-0.4, -0.2) is 32.5 Å². The molecule has 0 bridgehead atoms. The molecule has 2 aliphatic carbocycles. The summed E-state index contributed by atoms with van der Waals surface area (Å²) >= 11 is 0. The highest BCUT2D eigenvalue weighted by molar-refractivity contribution is 5.76. The van der Waals surface area contributed by atoms with Gasteiger partial charge in [0.05, 0.1) is 16.6 Å². The molecule has 0 aliphatic heterocycles. The molecule has 0 aromatic heterocycles. The van der Waals surface area contributed by atoms with Crippen LogP contribution in [0.15, 0.2) is 0 Å². The van der Waals surface area contributed by atoms with Crippen molar-refractivity contribution in [1.29, 1.82) is 0 Å². The van der Waals surface area contributed by atoms with Crippen LogP contribution in [0, 0.1) is 40.9 Å². The molecule has 0 aromatic carbocycles. The van der Waals surface area contributed by atoms with E-state index in [-0.39, 0.29) is 23.7 Å². The van der Waals surface area contributed by atoms with E-state index >= 15 is 0 Å². The summed E-state index contributed by atoms with van der Waals surface area (Å²) in [6, 6.07) is 0. The highest BCUT2D eigenvalue weighted by Gasteiger charge is 2.59. The van der Waals surface area contributed by atoms with Crippen LogP contribution in [0.1, 0.15) is 93.4 Å². The predicted octanol–water partition coefficient (Wildman–Crippen LogP) is 5.11. The molecule has 0 radical (unpaired) electrons. The van der Waals surface area contributed by atoms with Crippen LogP contribution in [0.2, 0.25) is 0 Å². The zero-order valence-corrected chi connectivity index (χ0v) is 19.2. The Labute approximate surface area is 172 Å². The molecular formula is C24H44O4. The first-order valence-corrected chi connectivity index (χ1v) is 11.5. The topological polar surface area (TPSA) is 77.8 Å². The van der Waals surface area contributed by atoms with Crippen LogP contribution in [-0.2, 0) is 4.79 Å². The fourth-order valence-corrected chi connectivity index (χ4v) is 6.80. The zero-order valence-electron chi connectivity index (χ0n) is 19.2. The van der Waals surface area contributed by atoms with E-state index in [1.807, 2.05) is 20.8 Å². The van der Waals surface area contributed by atoms with Crippen molar-refractivity contribution < 1.29 is 20.1 Å². The first-order chi connectivity index (χ1) is 12.8. The maximum atomic E-state index is 13.0. The molecule has 0 spiro atoms. The fourth-order valence-electron chi connectivity index (χ4n) is 6.80. The Kier molecular flexibility index (Phi) is 6.98. The summed E-state index contributed by atoms with van der Waals surface area (Å²) in [5.74, 6) is 0.474. The van der Waals surface area contributed by atoms with Gasteiger partial charge in [-0.15, -0.1) is 0 Å². The van der Waals surface area contributed by atoms with Crippen LogP contribution < -0.4 is 0 Å². The minimum Gasteiger partial charge on any atom is -0.481 e. The third-order valence-electron chi connectivity index (χ3n) is 8.40. The van der Waals surface area contributed by atoms with Gasteiger partial charge in [0.1, 0.15) is 0 Å². The van der Waals surface area contributed by atoms with E-state index in [9.17, 15) is 20.1 Å². The lowest BCUT2D eigenvalue weighted by Crippen LogP contribution is -2.57. The Morgan fingerprint density at radius 2 is 1.29 bits per heavy atom. The molecule has 28 heavy (non-hydrogen) atoms. The number of hydrogen-bond donors (Lipinski definition) is 3. The molecule has 6 unspecified atom stereocenters. The number of aliphatic hydroxyl groups is 2. The first-order valence-electron chi connectivity index (χ1n) is 11.5. The Morgan fingerprint density at radius 1 is 0.929 bits per heavy atom. The third-order valence-corrected chi connectivity index (χ3v) is 8.40. The molecule has 0 aromatic rings. The molecule has 4 nitrogen and oxygen atoms in total. The maximum Gasteiger partial charge on any atom is 0.310 e. The number of carbonyl (C=O) groups is 1. The molecule has 0 saturated heterocycles. The van der Waals surface area contributed by atoms with Gasteiger partial charge in [0.25, 0.3) is 0 Å². The molecular weight excluding hydrogens is 352 g/mol. The monoisotopic (exact) mass is 396 g/mol. The average molecular weight is 397 g/mol. The highest BCUT2D eigenvalue weighted by Crippen LogP contribution is 2.59. The van der Waals surface area contributed by atoms with Crippen molar-refractivity contribution in [2.75, 3.05) is 0 Å². The Hall–Kier alpha value is -0.610. The number of hydrogen-bond acceptors (Lipinski definition) is 3. The van der Waals surface area contributed by atoms with Gasteiger partial charge < -0.3 is 15.3 Å². The van der Waals surface area contributed by atoms with E-state index in [2.05, 4.69) is 27.7 Å². The predicted molar refractivity (Wildman–Crippen MR) is 113 cm³/mol. The zero-order chi connectivity index (χ0) is 21.5. The molecule has 0 amide bonds. The van der Waals surface area contributed by atoms with E-state index in [4.69, 9.17) is 0 Å². The molecule has 6 atom stereocenters. The summed E-state index contributed by atoms with van der Waals surface area (Å²) in [5.41, 5.74) is -2.52. The van der Waals surface area contributed by atoms with E-state index in [0.29, 0.717) is 31.1 Å². The van der Waals surface area contributed by atoms with Gasteiger partial charge in [-0.25, -0.2) is 0 Å². The van der Waals surface area contributed by atoms with E-state index in [0.717, 1.165) is 25.7 Å². The molecule has 4 heteroatoms. The minimum atomic E-state index is -0.904. The summed E-state index contributed by atoms with van der Waals surface area (Å²) < 4.78 is 0. The van der Waals surface area contributed by atoms with Crippen molar-refractivity contribution in [3.63, 3.8) is 0 Å². The standard InChI is InChI=1S/C24H44O4/c1-8-24(21(25)26,19-13-22(6,27)11-9-17(19)15(2)3)20-14-23(7,28)12-10-18(20)16(4)5/h15-20,27-28H,8-14H2,1-7H3,(H,25,26). The fraction of sp³-hybridized carbons (Fsp3) is 0.958. The second-order valence-electron chi connectivity index (χ2n) is 11.2. The van der Waals surface area contributed by atoms with Crippen molar-refractivity contribution in [2.45, 2.75) is 105 Å². The summed E-state index contributed by atoms with van der Waals surface area (Å²) in [4.78, 5) is 13.0. The number of aliphatic carboxylic acids is 1. The Morgan fingerprint density at radius 3 is 1.54 bits per heavy atom. The molecule has 2 saturated carbocycles. The van der Waals surface area contributed by atoms with Gasteiger partial charge in [0, 0.05) is 0 Å². The van der Waals surface area contributed by atoms with Gasteiger partial charge in [0.2, 0.25) is 0 Å². The van der Waals surface area contributed by atoms with Crippen LogP contribution in [0.4, 0.5) is 0 Å². The summed E-state index contributed by atoms with van der Waals surface area (Å²) in [6.45, 7) is 14.5. The lowest BCUT2D eigenvalue weighted by atomic mass is 9.48. The molecule has 2 fully saturated rings. The molecule has 0 heterocycles. The van der Waals surface area contributed by atoms with E-state index < -0.39 is 22.6 Å². The molecule has 2 aliphatic rings. The van der Waals surface area contributed by atoms with Crippen molar-refractivity contribution in [1.82, 2.24) is 0 Å². The van der Waals surface area contributed by atoms with Crippen molar-refractivity contribution in [3.05, 3.63) is 0 Å². The summed E-state index contributed by atoms with van der Waals surface area (Å²) in [5, 5.41) is 32.5. The second-order valence-corrected chi connectivity index (χ2v) is 11.2. The summed E-state index contributed by atoms with van der Waals surface area (Å²) in [6.07, 6.45) is 4.86. The van der Waals surface area contributed by atoms with Crippen LogP contribution in [0.25, 0.3) is 0 Å². The maximum absolute atomic E-state index is 13.0. The quantitative estimate of drug-likeness (QED) is 0.583. The van der Waals surface area contributed by atoms with Crippen molar-refractivity contribution >= 4 is 5.97 Å². The van der Waals surface area contributed by atoms with Crippen LogP contribution in [0.3, 0.4) is 0 Å². The number of carboxylic acid groups (broad SMARTS) is 1. The Balaban J connectivity index is 2.61. The first kappa shape index (κ1) is 23.7. The van der Waals surface area contributed by atoms with Crippen molar-refractivity contribution in [2.24, 2.45) is 40.9 Å². The lowest BCUT2D eigenvalue weighted by Gasteiger charge is -2.56. The average Bonchev–Trinajstić information content (AvgIpc) is 2.53. The molecule has 164 valence electrons. The third kappa shape index (κ3) is 4.43. The van der Waals surface area contributed by atoms with Gasteiger partial charge in [-0.3, -0.25) is 4.79 Å².